The lowest BCUT2D eigenvalue weighted by Gasteiger charge is -2.18. The fourth-order valence-corrected chi connectivity index (χ4v) is 2.27. The van der Waals surface area contributed by atoms with Crippen LogP contribution in [-0.4, -0.2) is 25.3 Å². The van der Waals surface area contributed by atoms with Crippen molar-refractivity contribution in [3.05, 3.63) is 47.0 Å². The van der Waals surface area contributed by atoms with Crippen LogP contribution in [0.25, 0.3) is 5.65 Å². The number of hydrogen-bond acceptors (Lipinski definition) is 5. The van der Waals surface area contributed by atoms with Gasteiger partial charge in [0.2, 0.25) is 0 Å². The highest BCUT2D eigenvalue weighted by atomic mass is 15.6. The second kappa shape index (κ2) is 4.88. The minimum Gasteiger partial charge on any atom is -0.362 e. The van der Waals surface area contributed by atoms with Crippen LogP contribution < -0.4 is 5.32 Å². The molecule has 6 nitrogen and oxygen atoms in total. The Kier molecular flexibility index (Phi) is 3.06. The number of aryl methyl sites for hydroxylation is 1. The molecule has 0 aliphatic heterocycles. The molecule has 0 bridgehead atoms. The minimum absolute atomic E-state index is 0.163. The van der Waals surface area contributed by atoms with Crippen LogP contribution in [0.15, 0.2) is 30.3 Å². The lowest BCUT2D eigenvalue weighted by Crippen LogP contribution is -2.11. The Morgan fingerprint density at radius 1 is 1.15 bits per heavy atom. The number of anilines is 1. The summed E-state index contributed by atoms with van der Waals surface area (Å²) in [5.41, 5.74) is 4.49. The number of tetrazole rings is 1. The summed E-state index contributed by atoms with van der Waals surface area (Å²) in [6.07, 6.45) is 0. The molecule has 0 aliphatic carbocycles. The number of hydrogen-bond donors (Lipinski definition) is 1. The van der Waals surface area contributed by atoms with Crippen LogP contribution in [0.5, 0.6) is 0 Å². The predicted molar refractivity (Wildman–Crippen MR) is 76.5 cm³/mol. The molecule has 0 radical (unpaired) electrons. The smallest absolute Gasteiger partial charge is 0.200 e. The lowest BCUT2D eigenvalue weighted by atomic mass is 9.98. The first-order valence-electron chi connectivity index (χ1n) is 6.53. The SMILES string of the molecule is Cc1cccc(C(C)Nc2ccc3nnnn3n2)c1C. The average molecular weight is 268 g/mol. The van der Waals surface area contributed by atoms with E-state index in [9.17, 15) is 0 Å². The highest BCUT2D eigenvalue weighted by Crippen LogP contribution is 2.23. The van der Waals surface area contributed by atoms with E-state index in [0.717, 1.165) is 5.82 Å². The average Bonchev–Trinajstić information content (AvgIpc) is 2.89. The zero-order valence-electron chi connectivity index (χ0n) is 11.7. The first kappa shape index (κ1) is 12.5. The van der Waals surface area contributed by atoms with Crippen LogP contribution in [0.3, 0.4) is 0 Å². The third kappa shape index (κ3) is 2.20. The highest BCUT2D eigenvalue weighted by Gasteiger charge is 2.10. The molecule has 20 heavy (non-hydrogen) atoms. The van der Waals surface area contributed by atoms with Gasteiger partial charge in [0, 0.05) is 0 Å². The van der Waals surface area contributed by atoms with Gasteiger partial charge in [-0.1, -0.05) is 18.2 Å². The number of nitrogens with one attached hydrogen (secondary N) is 1. The Morgan fingerprint density at radius 3 is 2.85 bits per heavy atom. The van der Waals surface area contributed by atoms with Crippen LogP contribution in [0.1, 0.15) is 29.7 Å². The summed E-state index contributed by atoms with van der Waals surface area (Å²) in [6, 6.07) is 10.2. The van der Waals surface area contributed by atoms with E-state index in [1.54, 1.807) is 0 Å². The summed E-state index contributed by atoms with van der Waals surface area (Å²) in [4.78, 5) is 0. The maximum atomic E-state index is 4.32. The quantitative estimate of drug-likeness (QED) is 0.789. The number of fused-ring (bicyclic) bond motifs is 1. The van der Waals surface area contributed by atoms with Gasteiger partial charge < -0.3 is 5.32 Å². The van der Waals surface area contributed by atoms with E-state index in [-0.39, 0.29) is 6.04 Å². The molecular weight excluding hydrogens is 252 g/mol. The van der Waals surface area contributed by atoms with E-state index in [2.05, 4.69) is 64.9 Å². The Hall–Kier alpha value is -2.50. The number of nitrogens with zero attached hydrogens (tertiary/aromatic N) is 5. The van der Waals surface area contributed by atoms with E-state index in [0.29, 0.717) is 5.65 Å². The molecule has 0 fully saturated rings. The number of benzene rings is 1. The highest BCUT2D eigenvalue weighted by molar-refractivity contribution is 5.45. The van der Waals surface area contributed by atoms with Crippen molar-refractivity contribution in [3.8, 4) is 0 Å². The zero-order valence-corrected chi connectivity index (χ0v) is 11.7. The van der Waals surface area contributed by atoms with Crippen LogP contribution in [-0.2, 0) is 0 Å². The van der Waals surface area contributed by atoms with Gasteiger partial charge in [-0.3, -0.25) is 0 Å². The van der Waals surface area contributed by atoms with Crippen molar-refractivity contribution in [1.82, 2.24) is 25.3 Å². The Morgan fingerprint density at radius 2 is 2.00 bits per heavy atom. The van der Waals surface area contributed by atoms with Gasteiger partial charge >= 0.3 is 0 Å². The molecule has 0 saturated carbocycles. The third-order valence-electron chi connectivity index (χ3n) is 3.55. The van der Waals surface area contributed by atoms with Gasteiger partial charge in [0.1, 0.15) is 5.82 Å². The standard InChI is InChI=1S/C14H16N6/c1-9-5-4-6-12(10(9)2)11(3)15-13-7-8-14-16-18-19-20(14)17-13/h4-8,11H,1-3H3,(H,15,17). The monoisotopic (exact) mass is 268 g/mol. The third-order valence-corrected chi connectivity index (χ3v) is 3.55. The summed E-state index contributed by atoms with van der Waals surface area (Å²) < 4.78 is 1.41. The molecule has 3 rings (SSSR count). The van der Waals surface area contributed by atoms with Crippen molar-refractivity contribution in [3.63, 3.8) is 0 Å². The summed E-state index contributed by atoms with van der Waals surface area (Å²) in [5, 5.41) is 18.9. The molecular formula is C14H16N6. The lowest BCUT2D eigenvalue weighted by molar-refractivity contribution is 0.727. The van der Waals surface area contributed by atoms with Crippen LogP contribution in [0, 0.1) is 13.8 Å². The molecule has 0 spiro atoms. The molecule has 0 aliphatic rings. The number of aromatic nitrogens is 5. The second-order valence-electron chi connectivity index (χ2n) is 4.90. The van der Waals surface area contributed by atoms with Gasteiger partial charge in [0.25, 0.3) is 0 Å². The molecule has 2 heterocycles. The summed E-state index contributed by atoms with van der Waals surface area (Å²) in [6.45, 7) is 6.38. The molecule has 1 unspecified atom stereocenters. The minimum atomic E-state index is 0.163. The van der Waals surface area contributed by atoms with Crippen molar-refractivity contribution in [2.75, 3.05) is 5.32 Å². The van der Waals surface area contributed by atoms with E-state index >= 15 is 0 Å². The fraction of sp³-hybridized carbons (Fsp3) is 0.286. The zero-order chi connectivity index (χ0) is 14.1. The Bertz CT molecular complexity index is 748. The fourth-order valence-electron chi connectivity index (χ4n) is 2.27. The van der Waals surface area contributed by atoms with Gasteiger partial charge in [0.05, 0.1) is 6.04 Å². The van der Waals surface area contributed by atoms with E-state index in [1.165, 1.54) is 21.3 Å². The molecule has 0 saturated heterocycles. The van der Waals surface area contributed by atoms with Crippen molar-refractivity contribution in [2.45, 2.75) is 26.8 Å². The first-order chi connectivity index (χ1) is 9.65. The van der Waals surface area contributed by atoms with Crippen molar-refractivity contribution >= 4 is 11.5 Å². The van der Waals surface area contributed by atoms with Crippen molar-refractivity contribution in [1.29, 1.82) is 0 Å². The summed E-state index contributed by atoms with van der Waals surface area (Å²) in [7, 11) is 0. The summed E-state index contributed by atoms with van der Waals surface area (Å²) >= 11 is 0. The molecule has 3 aromatic rings. The van der Waals surface area contributed by atoms with Crippen LogP contribution in [0.4, 0.5) is 5.82 Å². The van der Waals surface area contributed by atoms with Crippen LogP contribution >= 0.6 is 0 Å². The first-order valence-corrected chi connectivity index (χ1v) is 6.53. The summed E-state index contributed by atoms with van der Waals surface area (Å²) in [5.74, 6) is 0.748. The maximum absolute atomic E-state index is 4.32. The molecule has 6 heteroatoms. The van der Waals surface area contributed by atoms with Gasteiger partial charge in [-0.2, -0.15) is 0 Å². The molecule has 1 atom stereocenters. The Balaban J connectivity index is 1.87. The van der Waals surface area contributed by atoms with Crippen molar-refractivity contribution in [2.24, 2.45) is 0 Å². The predicted octanol–water partition coefficient (Wildman–Crippen LogP) is 2.31. The largest absolute Gasteiger partial charge is 0.362 e. The molecule has 1 aromatic carbocycles. The van der Waals surface area contributed by atoms with Crippen LogP contribution in [0.2, 0.25) is 0 Å². The van der Waals surface area contributed by atoms with Crippen molar-refractivity contribution < 1.29 is 0 Å². The van der Waals surface area contributed by atoms with E-state index in [4.69, 9.17) is 0 Å². The molecule has 2 aromatic heterocycles. The normalized spacial score (nSPS) is 12.6. The van der Waals surface area contributed by atoms with E-state index < -0.39 is 0 Å². The number of rotatable bonds is 3. The molecule has 102 valence electrons. The topological polar surface area (TPSA) is 68.0 Å². The molecule has 0 amide bonds. The van der Waals surface area contributed by atoms with Gasteiger partial charge in [-0.05, 0) is 60.0 Å². The molecule has 1 N–H and O–H groups in total. The van der Waals surface area contributed by atoms with Gasteiger partial charge in [-0.25, -0.2) is 0 Å². The maximum Gasteiger partial charge on any atom is 0.200 e. The van der Waals surface area contributed by atoms with Gasteiger partial charge in [-0.15, -0.1) is 14.8 Å². The van der Waals surface area contributed by atoms with E-state index in [1.807, 2.05) is 12.1 Å². The second-order valence-corrected chi connectivity index (χ2v) is 4.90. The Labute approximate surface area is 116 Å². The van der Waals surface area contributed by atoms with Gasteiger partial charge in [0.15, 0.2) is 5.65 Å².